The lowest BCUT2D eigenvalue weighted by Gasteiger charge is -2.06. The molecule has 4 heteroatoms. The Morgan fingerprint density at radius 1 is 1.23 bits per heavy atom. The van der Waals surface area contributed by atoms with E-state index in [1.54, 1.807) is 6.08 Å². The molecule has 0 saturated carbocycles. The summed E-state index contributed by atoms with van der Waals surface area (Å²) in [4.78, 5) is 14.1. The summed E-state index contributed by atoms with van der Waals surface area (Å²) in [5.41, 5.74) is 1.74. The molecule has 110 valence electrons. The zero-order valence-electron chi connectivity index (χ0n) is 11.7. The van der Waals surface area contributed by atoms with E-state index in [0.29, 0.717) is 6.61 Å². The molecule has 0 saturated heterocycles. The van der Waals surface area contributed by atoms with Gasteiger partial charge in [-0.1, -0.05) is 42.6 Å². The summed E-state index contributed by atoms with van der Waals surface area (Å²) >= 11 is 5.00. The van der Waals surface area contributed by atoms with E-state index >= 15 is 0 Å². The van der Waals surface area contributed by atoms with Gasteiger partial charge < -0.3 is 4.74 Å². The maximum atomic E-state index is 12.4. The largest absolute Gasteiger partial charge is 0.488 e. The van der Waals surface area contributed by atoms with Crippen molar-refractivity contribution in [2.75, 3.05) is 6.61 Å². The highest BCUT2D eigenvalue weighted by Gasteiger charge is 2.25. The number of hydrogen-bond donors (Lipinski definition) is 0. The van der Waals surface area contributed by atoms with Crippen molar-refractivity contribution in [3.63, 3.8) is 0 Å². The maximum Gasteiger partial charge on any atom is 0.200 e. The summed E-state index contributed by atoms with van der Waals surface area (Å²) in [6.07, 6.45) is 3.61. The van der Waals surface area contributed by atoms with Gasteiger partial charge in [-0.15, -0.1) is 0 Å². The molecule has 0 unspecified atom stereocenters. The van der Waals surface area contributed by atoms with E-state index in [-0.39, 0.29) is 5.78 Å². The molecule has 2 nitrogen and oxygen atoms in total. The number of halogens is 1. The highest BCUT2D eigenvalue weighted by Crippen LogP contribution is 2.41. The zero-order valence-corrected chi connectivity index (χ0v) is 14.1. The van der Waals surface area contributed by atoms with E-state index in [0.717, 1.165) is 31.1 Å². The second kappa shape index (κ2) is 6.55. The van der Waals surface area contributed by atoms with Crippen LogP contribution >= 0.6 is 27.7 Å². The number of thioether (sulfide) groups is 1. The molecule has 0 aliphatic carbocycles. The van der Waals surface area contributed by atoms with Gasteiger partial charge in [-0.25, -0.2) is 0 Å². The molecular weight excluding hydrogens is 360 g/mol. The Morgan fingerprint density at radius 3 is 2.77 bits per heavy atom. The summed E-state index contributed by atoms with van der Waals surface area (Å²) in [6, 6.07) is 13.5. The molecule has 0 N–H and O–H groups in total. The van der Waals surface area contributed by atoms with Crippen molar-refractivity contribution in [1.82, 2.24) is 0 Å². The van der Waals surface area contributed by atoms with Crippen LogP contribution in [-0.2, 0) is 0 Å². The lowest BCUT2D eigenvalue weighted by atomic mass is 10.1. The molecule has 0 atom stereocenters. The number of carbonyl (C=O) groups is 1. The molecule has 2 aromatic rings. The Labute approximate surface area is 142 Å². The predicted molar refractivity (Wildman–Crippen MR) is 94.4 cm³/mol. The highest BCUT2D eigenvalue weighted by molar-refractivity contribution is 9.10. The van der Waals surface area contributed by atoms with Crippen molar-refractivity contribution in [3.05, 3.63) is 75.6 Å². The van der Waals surface area contributed by atoms with Crippen LogP contribution in [0.25, 0.3) is 6.08 Å². The second-order valence-electron chi connectivity index (χ2n) is 4.73. The maximum absolute atomic E-state index is 12.4. The van der Waals surface area contributed by atoms with Crippen molar-refractivity contribution >= 4 is 39.6 Å². The lowest BCUT2D eigenvalue weighted by Crippen LogP contribution is -1.95. The van der Waals surface area contributed by atoms with E-state index in [2.05, 4.69) is 22.5 Å². The minimum Gasteiger partial charge on any atom is -0.488 e. The van der Waals surface area contributed by atoms with Crippen LogP contribution in [0, 0.1) is 0 Å². The third kappa shape index (κ3) is 3.03. The van der Waals surface area contributed by atoms with Gasteiger partial charge in [-0.05, 0) is 51.8 Å². The van der Waals surface area contributed by atoms with Crippen LogP contribution in [0.15, 0.2) is 69.4 Å². The lowest BCUT2D eigenvalue weighted by molar-refractivity contribution is 0.104. The third-order valence-electron chi connectivity index (χ3n) is 3.19. The first kappa shape index (κ1) is 15.1. The molecule has 0 spiro atoms. The Hall–Kier alpha value is -1.78. The molecule has 0 radical (unpaired) electrons. The van der Waals surface area contributed by atoms with Crippen molar-refractivity contribution in [3.8, 4) is 5.75 Å². The first-order valence-corrected chi connectivity index (χ1v) is 8.36. The monoisotopic (exact) mass is 372 g/mol. The summed E-state index contributed by atoms with van der Waals surface area (Å²) in [7, 11) is 0. The molecule has 2 aromatic carbocycles. The number of allylic oxidation sites excluding steroid dienone is 1. The SMILES string of the molecule is C=CCOc1ccc(/C=C2\Sc3ccccc3C2=O)cc1Br. The fraction of sp³-hybridized carbons (Fsp3) is 0.0556. The number of rotatable bonds is 4. The van der Waals surface area contributed by atoms with Crippen LogP contribution in [0.5, 0.6) is 5.75 Å². The van der Waals surface area contributed by atoms with Crippen molar-refractivity contribution in [2.45, 2.75) is 4.90 Å². The van der Waals surface area contributed by atoms with Crippen LogP contribution in [0.3, 0.4) is 0 Å². The minimum absolute atomic E-state index is 0.0868. The third-order valence-corrected chi connectivity index (χ3v) is 4.90. The van der Waals surface area contributed by atoms with Crippen molar-refractivity contribution < 1.29 is 9.53 Å². The van der Waals surface area contributed by atoms with Crippen molar-refractivity contribution in [2.24, 2.45) is 0 Å². The Balaban J connectivity index is 1.86. The van der Waals surface area contributed by atoms with E-state index in [1.165, 1.54) is 11.8 Å². The van der Waals surface area contributed by atoms with E-state index < -0.39 is 0 Å². The number of Topliss-reactive ketones (excluding diaryl/α,β-unsaturated/α-hetero) is 1. The smallest absolute Gasteiger partial charge is 0.200 e. The Morgan fingerprint density at radius 2 is 2.05 bits per heavy atom. The molecule has 22 heavy (non-hydrogen) atoms. The number of ether oxygens (including phenoxy) is 1. The Kier molecular flexibility index (Phi) is 4.50. The van der Waals surface area contributed by atoms with Gasteiger partial charge in [0.15, 0.2) is 0 Å². The van der Waals surface area contributed by atoms with Gasteiger partial charge in [-0.2, -0.15) is 0 Å². The number of benzene rings is 2. The van der Waals surface area contributed by atoms with Crippen molar-refractivity contribution in [1.29, 1.82) is 0 Å². The van der Waals surface area contributed by atoms with Gasteiger partial charge >= 0.3 is 0 Å². The zero-order chi connectivity index (χ0) is 15.5. The molecule has 0 bridgehead atoms. The van der Waals surface area contributed by atoms with E-state index in [4.69, 9.17) is 4.74 Å². The number of ketones is 1. The number of carbonyl (C=O) groups excluding carboxylic acids is 1. The van der Waals surface area contributed by atoms with Gasteiger partial charge in [0.25, 0.3) is 0 Å². The average Bonchev–Trinajstić information content (AvgIpc) is 2.83. The van der Waals surface area contributed by atoms with Crippen LogP contribution < -0.4 is 4.74 Å². The van der Waals surface area contributed by atoms with Crippen LogP contribution in [-0.4, -0.2) is 12.4 Å². The fourth-order valence-corrected chi connectivity index (χ4v) is 3.72. The molecule has 1 heterocycles. The highest BCUT2D eigenvalue weighted by atomic mass is 79.9. The quantitative estimate of drug-likeness (QED) is 0.534. The summed E-state index contributed by atoms with van der Waals surface area (Å²) in [5, 5.41) is 0. The second-order valence-corrected chi connectivity index (χ2v) is 6.66. The van der Waals surface area contributed by atoms with Crippen LogP contribution in [0.1, 0.15) is 15.9 Å². The average molecular weight is 373 g/mol. The fourth-order valence-electron chi connectivity index (χ4n) is 2.16. The first-order valence-electron chi connectivity index (χ1n) is 6.75. The molecule has 0 fully saturated rings. The predicted octanol–water partition coefficient (Wildman–Crippen LogP) is 5.34. The Bertz CT molecular complexity index is 780. The van der Waals surface area contributed by atoms with Crippen LogP contribution in [0.4, 0.5) is 0 Å². The van der Waals surface area contributed by atoms with Gasteiger partial charge in [0.05, 0.1) is 9.38 Å². The van der Waals surface area contributed by atoms with E-state index in [9.17, 15) is 4.79 Å². The molecule has 1 aliphatic rings. The van der Waals surface area contributed by atoms with Gasteiger partial charge in [-0.3, -0.25) is 4.79 Å². The summed E-state index contributed by atoms with van der Waals surface area (Å²) < 4.78 is 6.38. The van der Waals surface area contributed by atoms with E-state index in [1.807, 2.05) is 48.5 Å². The van der Waals surface area contributed by atoms with Gasteiger partial charge in [0.1, 0.15) is 12.4 Å². The van der Waals surface area contributed by atoms with Gasteiger partial charge in [0, 0.05) is 10.5 Å². The number of fused-ring (bicyclic) bond motifs is 1. The van der Waals surface area contributed by atoms with Gasteiger partial charge in [0.2, 0.25) is 5.78 Å². The summed E-state index contributed by atoms with van der Waals surface area (Å²) in [5.74, 6) is 0.847. The van der Waals surface area contributed by atoms with Crippen LogP contribution in [0.2, 0.25) is 0 Å². The normalized spacial score (nSPS) is 15.0. The molecular formula is C18H13BrO2S. The molecule has 0 amide bonds. The summed E-state index contributed by atoms with van der Waals surface area (Å²) in [6.45, 7) is 4.09. The standard InChI is InChI=1S/C18H13BrO2S/c1-2-9-21-15-8-7-12(10-14(15)19)11-17-18(20)13-5-3-4-6-16(13)22-17/h2-8,10-11H,1,9H2/b17-11-. The molecule has 1 aliphatic heterocycles. The topological polar surface area (TPSA) is 26.3 Å². The minimum atomic E-state index is 0.0868. The molecule has 3 rings (SSSR count). The number of hydrogen-bond acceptors (Lipinski definition) is 3. The molecule has 0 aromatic heterocycles. The first-order chi connectivity index (χ1) is 10.7.